The molecule has 0 saturated carbocycles. The second-order valence-corrected chi connectivity index (χ2v) is 5.24. The fourth-order valence-electron chi connectivity index (χ4n) is 2.12. The van der Waals surface area contributed by atoms with E-state index < -0.39 is 5.82 Å². The largest absolute Gasteiger partial charge is 0.490 e. The molecule has 0 atom stereocenters. The van der Waals surface area contributed by atoms with Crippen molar-refractivity contribution in [2.75, 3.05) is 17.2 Å². The topological polar surface area (TPSA) is 67.4 Å². The Morgan fingerprint density at radius 3 is 2.38 bits per heavy atom. The number of anilines is 2. The van der Waals surface area contributed by atoms with E-state index in [1.54, 1.807) is 37.3 Å². The summed E-state index contributed by atoms with van der Waals surface area (Å²) in [6.07, 6.45) is 0.0815. The van der Waals surface area contributed by atoms with Crippen LogP contribution in [0.2, 0.25) is 0 Å². The number of hydrogen-bond donors (Lipinski definition) is 2. The summed E-state index contributed by atoms with van der Waals surface area (Å²) in [4.78, 5) is 23.2. The van der Waals surface area contributed by atoms with Crippen molar-refractivity contribution >= 4 is 23.2 Å². The smallest absolute Gasteiger partial charge is 0.227 e. The van der Waals surface area contributed by atoms with Crippen LogP contribution in [0.3, 0.4) is 0 Å². The number of carbonyl (C=O) groups excluding carboxylic acids is 2. The van der Waals surface area contributed by atoms with Gasteiger partial charge in [0.2, 0.25) is 11.8 Å². The maximum atomic E-state index is 13.4. The maximum Gasteiger partial charge on any atom is 0.227 e. The molecule has 126 valence electrons. The van der Waals surface area contributed by atoms with E-state index in [1.165, 1.54) is 19.1 Å². The van der Waals surface area contributed by atoms with Crippen LogP contribution < -0.4 is 15.4 Å². The molecule has 0 bridgehead atoms. The average Bonchev–Trinajstić information content (AvgIpc) is 2.53. The molecular formula is C18H19FN2O3. The minimum atomic E-state index is -0.461. The Labute approximate surface area is 139 Å². The lowest BCUT2D eigenvalue weighted by Gasteiger charge is -2.13. The molecule has 0 radical (unpaired) electrons. The monoisotopic (exact) mass is 330 g/mol. The third-order valence-corrected chi connectivity index (χ3v) is 3.34. The van der Waals surface area contributed by atoms with Crippen LogP contribution in [0.1, 0.15) is 18.9 Å². The van der Waals surface area contributed by atoms with Gasteiger partial charge in [-0.1, -0.05) is 18.2 Å². The molecule has 0 aliphatic rings. The first-order chi connectivity index (χ1) is 11.5. The first kappa shape index (κ1) is 17.5. The summed E-state index contributed by atoms with van der Waals surface area (Å²) in [7, 11) is 0. The van der Waals surface area contributed by atoms with Crippen molar-refractivity contribution in [3.05, 3.63) is 53.8 Å². The van der Waals surface area contributed by atoms with E-state index in [-0.39, 0.29) is 30.6 Å². The van der Waals surface area contributed by atoms with Crippen LogP contribution in [0.15, 0.2) is 42.5 Å². The third kappa shape index (κ3) is 4.81. The second-order valence-electron chi connectivity index (χ2n) is 5.24. The van der Waals surface area contributed by atoms with Crippen LogP contribution in [-0.2, 0) is 9.59 Å². The van der Waals surface area contributed by atoms with Gasteiger partial charge in [-0.05, 0) is 36.8 Å². The van der Waals surface area contributed by atoms with Gasteiger partial charge < -0.3 is 15.4 Å². The van der Waals surface area contributed by atoms with Crippen molar-refractivity contribution in [2.45, 2.75) is 20.3 Å². The van der Waals surface area contributed by atoms with Gasteiger partial charge in [0.25, 0.3) is 0 Å². The Balaban J connectivity index is 1.91. The quantitative estimate of drug-likeness (QED) is 0.852. The summed E-state index contributed by atoms with van der Waals surface area (Å²) in [6, 6.07) is 11.3. The first-order valence-electron chi connectivity index (χ1n) is 7.51. The van der Waals surface area contributed by atoms with Crippen molar-refractivity contribution in [2.24, 2.45) is 0 Å². The van der Waals surface area contributed by atoms with Crippen molar-refractivity contribution in [3.8, 4) is 5.75 Å². The molecule has 6 heteroatoms. The Bertz CT molecular complexity index is 747. The summed E-state index contributed by atoms with van der Waals surface area (Å²) >= 11 is 0. The van der Waals surface area contributed by atoms with Crippen LogP contribution in [-0.4, -0.2) is 18.4 Å². The van der Waals surface area contributed by atoms with Gasteiger partial charge >= 0.3 is 0 Å². The fourth-order valence-corrected chi connectivity index (χ4v) is 2.12. The summed E-state index contributed by atoms with van der Waals surface area (Å²) in [5, 5.41) is 5.46. The molecule has 2 rings (SSSR count). The predicted molar refractivity (Wildman–Crippen MR) is 90.6 cm³/mol. The number of carbonyl (C=O) groups is 2. The highest BCUT2D eigenvalue weighted by Crippen LogP contribution is 2.23. The minimum absolute atomic E-state index is 0.0667. The van der Waals surface area contributed by atoms with Gasteiger partial charge in [0.1, 0.15) is 0 Å². The number of para-hydroxylation sites is 1. The minimum Gasteiger partial charge on any atom is -0.490 e. The van der Waals surface area contributed by atoms with Crippen LogP contribution in [0, 0.1) is 12.7 Å². The van der Waals surface area contributed by atoms with Gasteiger partial charge in [-0.2, -0.15) is 0 Å². The molecular weight excluding hydrogens is 311 g/mol. The van der Waals surface area contributed by atoms with Gasteiger partial charge in [-0.15, -0.1) is 0 Å². The van der Waals surface area contributed by atoms with E-state index >= 15 is 0 Å². The second kappa shape index (κ2) is 8.10. The summed E-state index contributed by atoms with van der Waals surface area (Å²) in [5.74, 6) is -0.778. The lowest BCUT2D eigenvalue weighted by Crippen LogP contribution is -2.17. The Hall–Kier alpha value is -2.89. The Morgan fingerprint density at radius 2 is 1.71 bits per heavy atom. The van der Waals surface area contributed by atoms with Gasteiger partial charge in [0.05, 0.1) is 13.0 Å². The molecule has 5 nitrogen and oxygen atoms in total. The molecule has 0 fully saturated rings. The number of nitrogens with one attached hydrogen (secondary N) is 2. The zero-order chi connectivity index (χ0) is 17.5. The van der Waals surface area contributed by atoms with E-state index in [1.807, 2.05) is 0 Å². The van der Waals surface area contributed by atoms with E-state index in [4.69, 9.17) is 4.74 Å². The van der Waals surface area contributed by atoms with Crippen LogP contribution in [0.5, 0.6) is 5.75 Å². The highest BCUT2D eigenvalue weighted by molar-refractivity contribution is 5.95. The molecule has 0 heterocycles. The van der Waals surface area contributed by atoms with Crippen LogP contribution in [0.25, 0.3) is 0 Å². The van der Waals surface area contributed by atoms with Gasteiger partial charge in [-0.3, -0.25) is 9.59 Å². The van der Waals surface area contributed by atoms with Crippen molar-refractivity contribution < 1.29 is 18.7 Å². The van der Waals surface area contributed by atoms with Crippen molar-refractivity contribution in [3.63, 3.8) is 0 Å². The molecule has 0 spiro atoms. The van der Waals surface area contributed by atoms with Crippen molar-refractivity contribution in [1.82, 2.24) is 0 Å². The molecule has 0 saturated heterocycles. The van der Waals surface area contributed by atoms with E-state index in [9.17, 15) is 14.0 Å². The molecule has 2 aromatic rings. The Morgan fingerprint density at radius 1 is 1.04 bits per heavy atom. The standard InChI is InChI=1S/C18H19FN2O3/c1-12-15(20-13(2)22)7-5-8-16(12)21-18(23)10-11-24-17-9-4-3-6-14(17)19/h3-9H,10-11H2,1-2H3,(H,20,22)(H,21,23). The summed E-state index contributed by atoms with van der Waals surface area (Å²) in [6.45, 7) is 3.29. The predicted octanol–water partition coefficient (Wildman–Crippen LogP) is 3.50. The van der Waals surface area contributed by atoms with Gasteiger partial charge in [-0.25, -0.2) is 4.39 Å². The van der Waals surface area contributed by atoms with E-state index in [0.717, 1.165) is 5.56 Å². The fraction of sp³-hybridized carbons (Fsp3) is 0.222. The lowest BCUT2D eigenvalue weighted by molar-refractivity contribution is -0.116. The molecule has 2 N–H and O–H groups in total. The highest BCUT2D eigenvalue weighted by atomic mass is 19.1. The molecule has 0 aliphatic heterocycles. The number of rotatable bonds is 6. The Kier molecular flexibility index (Phi) is 5.89. The van der Waals surface area contributed by atoms with Gasteiger partial charge in [0.15, 0.2) is 11.6 Å². The highest BCUT2D eigenvalue weighted by Gasteiger charge is 2.09. The molecule has 0 aromatic heterocycles. The zero-order valence-corrected chi connectivity index (χ0v) is 13.6. The SMILES string of the molecule is CC(=O)Nc1cccc(NC(=O)CCOc2ccccc2F)c1C. The number of ether oxygens (including phenoxy) is 1. The molecule has 24 heavy (non-hydrogen) atoms. The summed E-state index contributed by atoms with van der Waals surface area (Å²) < 4.78 is 18.7. The third-order valence-electron chi connectivity index (χ3n) is 3.34. The van der Waals surface area contributed by atoms with Crippen LogP contribution >= 0.6 is 0 Å². The van der Waals surface area contributed by atoms with E-state index in [2.05, 4.69) is 10.6 Å². The molecule has 0 aliphatic carbocycles. The van der Waals surface area contributed by atoms with Gasteiger partial charge in [0, 0.05) is 18.3 Å². The summed E-state index contributed by atoms with van der Waals surface area (Å²) in [5.41, 5.74) is 2.01. The molecule has 0 unspecified atom stereocenters. The number of amides is 2. The normalized spacial score (nSPS) is 10.1. The van der Waals surface area contributed by atoms with Crippen molar-refractivity contribution in [1.29, 1.82) is 0 Å². The lowest BCUT2D eigenvalue weighted by atomic mass is 10.1. The zero-order valence-electron chi connectivity index (χ0n) is 13.6. The molecule has 2 amide bonds. The molecule has 2 aromatic carbocycles. The first-order valence-corrected chi connectivity index (χ1v) is 7.51. The van der Waals surface area contributed by atoms with Crippen LogP contribution in [0.4, 0.5) is 15.8 Å². The number of hydrogen-bond acceptors (Lipinski definition) is 3. The maximum absolute atomic E-state index is 13.4. The number of halogens is 1. The average molecular weight is 330 g/mol. The van der Waals surface area contributed by atoms with E-state index in [0.29, 0.717) is 11.4 Å². The number of benzene rings is 2.